The van der Waals surface area contributed by atoms with Crippen molar-refractivity contribution in [2.45, 2.75) is 0 Å². The van der Waals surface area contributed by atoms with Crippen molar-refractivity contribution in [3.63, 3.8) is 0 Å². The Morgan fingerprint density at radius 3 is 2.64 bits per heavy atom. The molecule has 4 nitrogen and oxygen atoms in total. The standard InChI is InChI=1S/C8H8BNO3S/c10-5-3-14-8-6(11)2-1-4(7(5)8)9(12)13/h1-3,11-13H,10H2. The fraction of sp³-hybridized carbons (Fsp3) is 0. The van der Waals surface area contributed by atoms with Crippen LogP contribution in [0.3, 0.4) is 0 Å². The van der Waals surface area contributed by atoms with Gasteiger partial charge in [-0.25, -0.2) is 0 Å². The van der Waals surface area contributed by atoms with E-state index in [2.05, 4.69) is 0 Å². The van der Waals surface area contributed by atoms with Crippen LogP contribution in [-0.2, 0) is 0 Å². The molecule has 0 amide bonds. The van der Waals surface area contributed by atoms with Crippen LogP contribution in [0.25, 0.3) is 10.1 Å². The van der Waals surface area contributed by atoms with Crippen molar-refractivity contribution in [2.75, 3.05) is 5.73 Å². The van der Waals surface area contributed by atoms with Gasteiger partial charge in [0.25, 0.3) is 0 Å². The van der Waals surface area contributed by atoms with E-state index < -0.39 is 7.12 Å². The molecule has 0 aliphatic heterocycles. The molecular weight excluding hydrogens is 201 g/mol. The maximum absolute atomic E-state index is 9.48. The Hall–Kier alpha value is -1.24. The average molecular weight is 209 g/mol. The smallest absolute Gasteiger partial charge is 0.489 e. The normalized spacial score (nSPS) is 10.7. The van der Waals surface area contributed by atoms with Crippen LogP contribution < -0.4 is 11.2 Å². The van der Waals surface area contributed by atoms with E-state index in [1.54, 1.807) is 5.38 Å². The Bertz CT molecular complexity index is 483. The minimum Gasteiger partial charge on any atom is -0.506 e. The summed E-state index contributed by atoms with van der Waals surface area (Å²) < 4.78 is 0.577. The van der Waals surface area contributed by atoms with Gasteiger partial charge in [-0.1, -0.05) is 6.07 Å². The van der Waals surface area contributed by atoms with E-state index in [1.165, 1.54) is 23.5 Å². The molecule has 2 rings (SSSR count). The highest BCUT2D eigenvalue weighted by Gasteiger charge is 2.18. The summed E-state index contributed by atoms with van der Waals surface area (Å²) in [6.45, 7) is 0. The molecule has 0 aliphatic carbocycles. The quantitative estimate of drug-likeness (QED) is 0.492. The van der Waals surface area contributed by atoms with Crippen LogP contribution in [0.5, 0.6) is 5.75 Å². The molecule has 1 aromatic heterocycles. The van der Waals surface area contributed by atoms with Gasteiger partial charge in [-0.2, -0.15) is 0 Å². The fourth-order valence-corrected chi connectivity index (χ4v) is 2.31. The van der Waals surface area contributed by atoms with Gasteiger partial charge < -0.3 is 20.9 Å². The number of anilines is 1. The van der Waals surface area contributed by atoms with E-state index in [9.17, 15) is 5.11 Å². The largest absolute Gasteiger partial charge is 0.506 e. The minimum absolute atomic E-state index is 0.103. The Kier molecular flexibility index (Phi) is 2.11. The predicted molar refractivity (Wildman–Crippen MR) is 57.7 cm³/mol. The maximum Gasteiger partial charge on any atom is 0.489 e. The molecule has 1 heterocycles. The van der Waals surface area contributed by atoms with Crippen molar-refractivity contribution in [3.8, 4) is 5.75 Å². The molecule has 5 N–H and O–H groups in total. The number of hydrogen-bond donors (Lipinski definition) is 4. The Labute approximate surface area is 84.4 Å². The van der Waals surface area contributed by atoms with Gasteiger partial charge in [0.05, 0.1) is 10.4 Å². The number of fused-ring (bicyclic) bond motifs is 1. The zero-order valence-corrected chi connectivity index (χ0v) is 7.95. The lowest BCUT2D eigenvalue weighted by Crippen LogP contribution is -2.30. The summed E-state index contributed by atoms with van der Waals surface area (Å²) in [5.74, 6) is 0.103. The average Bonchev–Trinajstić information content (AvgIpc) is 2.50. The Morgan fingerprint density at radius 2 is 2.00 bits per heavy atom. The van der Waals surface area contributed by atoms with Gasteiger partial charge in [0, 0.05) is 10.8 Å². The molecule has 14 heavy (non-hydrogen) atoms. The van der Waals surface area contributed by atoms with Crippen LogP contribution in [0, 0.1) is 0 Å². The summed E-state index contributed by atoms with van der Waals surface area (Å²) in [5.41, 5.74) is 6.43. The first-order valence-electron chi connectivity index (χ1n) is 3.96. The molecular formula is C8H8BNO3S. The summed E-state index contributed by atoms with van der Waals surface area (Å²) in [6.07, 6.45) is 0. The molecule has 0 saturated heterocycles. The second-order valence-electron chi connectivity index (χ2n) is 2.94. The number of phenols is 1. The van der Waals surface area contributed by atoms with E-state index in [0.29, 0.717) is 21.2 Å². The van der Waals surface area contributed by atoms with Gasteiger partial charge in [0.1, 0.15) is 5.75 Å². The van der Waals surface area contributed by atoms with E-state index in [4.69, 9.17) is 15.8 Å². The molecule has 0 aliphatic rings. The molecule has 0 bridgehead atoms. The highest BCUT2D eigenvalue weighted by atomic mass is 32.1. The summed E-state index contributed by atoms with van der Waals surface area (Å²) in [4.78, 5) is 0. The van der Waals surface area contributed by atoms with Crippen LogP contribution in [0.1, 0.15) is 0 Å². The molecule has 0 radical (unpaired) electrons. The first kappa shape index (κ1) is 9.33. The van der Waals surface area contributed by atoms with Crippen molar-refractivity contribution < 1.29 is 15.2 Å². The number of hydrogen-bond acceptors (Lipinski definition) is 5. The van der Waals surface area contributed by atoms with Gasteiger partial charge in [-0.3, -0.25) is 0 Å². The van der Waals surface area contributed by atoms with Crippen LogP contribution in [-0.4, -0.2) is 22.3 Å². The van der Waals surface area contributed by atoms with Gasteiger partial charge in [-0.15, -0.1) is 11.3 Å². The third kappa shape index (κ3) is 1.24. The van der Waals surface area contributed by atoms with Gasteiger partial charge >= 0.3 is 7.12 Å². The molecule has 0 unspecified atom stereocenters. The third-order valence-electron chi connectivity index (χ3n) is 2.04. The highest BCUT2D eigenvalue weighted by molar-refractivity contribution is 7.18. The van der Waals surface area contributed by atoms with Crippen molar-refractivity contribution in [2.24, 2.45) is 0 Å². The van der Waals surface area contributed by atoms with Crippen LogP contribution in [0.4, 0.5) is 5.69 Å². The van der Waals surface area contributed by atoms with Gasteiger partial charge in [-0.05, 0) is 11.5 Å². The number of nitrogen functional groups attached to an aromatic ring is 1. The zero-order chi connectivity index (χ0) is 10.3. The van der Waals surface area contributed by atoms with Crippen LogP contribution in [0.2, 0.25) is 0 Å². The van der Waals surface area contributed by atoms with Gasteiger partial charge in [0.15, 0.2) is 0 Å². The number of phenolic OH excluding ortho intramolecular Hbond substituents is 1. The van der Waals surface area contributed by atoms with E-state index in [1.807, 2.05) is 0 Å². The number of nitrogens with two attached hydrogens (primary N) is 1. The molecule has 72 valence electrons. The summed E-state index contributed by atoms with van der Waals surface area (Å²) in [7, 11) is -1.57. The summed E-state index contributed by atoms with van der Waals surface area (Å²) >= 11 is 1.27. The first-order valence-corrected chi connectivity index (χ1v) is 4.84. The van der Waals surface area contributed by atoms with E-state index >= 15 is 0 Å². The second-order valence-corrected chi connectivity index (χ2v) is 3.82. The molecule has 0 atom stereocenters. The monoisotopic (exact) mass is 209 g/mol. The molecule has 0 fully saturated rings. The minimum atomic E-state index is -1.57. The van der Waals surface area contributed by atoms with Crippen molar-refractivity contribution in [1.82, 2.24) is 0 Å². The molecule has 2 aromatic rings. The lowest BCUT2D eigenvalue weighted by Gasteiger charge is -2.03. The second kappa shape index (κ2) is 3.16. The predicted octanol–water partition coefficient (Wildman–Crippen LogP) is -0.131. The highest BCUT2D eigenvalue weighted by Crippen LogP contribution is 2.33. The number of thiophene rings is 1. The Morgan fingerprint density at radius 1 is 1.29 bits per heavy atom. The van der Waals surface area contributed by atoms with Gasteiger partial charge in [0.2, 0.25) is 0 Å². The summed E-state index contributed by atoms with van der Waals surface area (Å²) in [5, 5.41) is 29.8. The molecule has 1 aromatic carbocycles. The van der Waals surface area contributed by atoms with E-state index in [0.717, 1.165) is 0 Å². The van der Waals surface area contributed by atoms with Crippen molar-refractivity contribution in [1.29, 1.82) is 0 Å². The molecule has 0 saturated carbocycles. The first-order chi connectivity index (χ1) is 6.61. The topological polar surface area (TPSA) is 86.7 Å². The van der Waals surface area contributed by atoms with Crippen LogP contribution in [0.15, 0.2) is 17.5 Å². The number of rotatable bonds is 1. The Balaban J connectivity index is 2.85. The lowest BCUT2D eigenvalue weighted by atomic mass is 9.78. The van der Waals surface area contributed by atoms with E-state index in [-0.39, 0.29) is 5.75 Å². The summed E-state index contributed by atoms with van der Waals surface area (Å²) in [6, 6.07) is 2.87. The lowest BCUT2D eigenvalue weighted by molar-refractivity contribution is 0.426. The number of aromatic hydroxyl groups is 1. The number of benzene rings is 1. The SMILES string of the molecule is Nc1csc2c(O)ccc(B(O)O)c12. The van der Waals surface area contributed by atoms with Crippen molar-refractivity contribution >= 4 is 39.7 Å². The molecule has 0 spiro atoms. The third-order valence-corrected chi connectivity index (χ3v) is 3.06. The zero-order valence-electron chi connectivity index (χ0n) is 7.14. The van der Waals surface area contributed by atoms with Crippen LogP contribution >= 0.6 is 11.3 Å². The molecule has 6 heteroatoms. The fourth-order valence-electron chi connectivity index (χ4n) is 1.40. The maximum atomic E-state index is 9.48. The van der Waals surface area contributed by atoms with Crippen molar-refractivity contribution in [3.05, 3.63) is 17.5 Å².